The van der Waals surface area contributed by atoms with Crippen LogP contribution in [0.25, 0.3) is 77.2 Å². The number of para-hydroxylation sites is 3. The van der Waals surface area contributed by atoms with Crippen molar-refractivity contribution in [3.8, 4) is 51.8 Å². The molecule has 5 heteroatoms. The quantitative estimate of drug-likeness (QED) is 0.193. The van der Waals surface area contributed by atoms with E-state index >= 15 is 0 Å². The van der Waals surface area contributed by atoms with Gasteiger partial charge in [0.15, 0.2) is 0 Å². The van der Waals surface area contributed by atoms with Gasteiger partial charge in [0.05, 0.1) is 62.3 Å². The molecule has 0 spiro atoms. The summed E-state index contributed by atoms with van der Waals surface area (Å²) in [7, 11) is 0. The smallest absolute Gasteiger partial charge is 0.101 e. The summed E-state index contributed by atoms with van der Waals surface area (Å²) in [5.74, 6) is 0. The molecule has 5 nitrogen and oxygen atoms in total. The van der Waals surface area contributed by atoms with Gasteiger partial charge in [0, 0.05) is 27.1 Å². The molecule has 0 bridgehead atoms. The van der Waals surface area contributed by atoms with Crippen molar-refractivity contribution in [2.45, 2.75) is 0 Å². The Hall–Kier alpha value is -7.39. The number of aromatic nitrogens is 2. The Bertz CT molecular complexity index is 2850. The molecule has 0 fully saturated rings. The number of nitriles is 3. The van der Waals surface area contributed by atoms with Crippen molar-refractivity contribution in [3.05, 3.63) is 168 Å². The molecule has 50 heavy (non-hydrogen) atoms. The summed E-state index contributed by atoms with van der Waals surface area (Å²) in [6.07, 6.45) is 0. The zero-order valence-electron chi connectivity index (χ0n) is 26.7. The molecule has 9 rings (SSSR count). The highest BCUT2D eigenvalue weighted by molar-refractivity contribution is 6.11. The normalized spacial score (nSPS) is 11.1. The van der Waals surface area contributed by atoms with E-state index in [2.05, 4.69) is 100 Å². The summed E-state index contributed by atoms with van der Waals surface area (Å²) in [5, 5.41) is 33.9. The summed E-state index contributed by atoms with van der Waals surface area (Å²) in [6.45, 7) is 0. The molecule has 0 radical (unpaired) electrons. The van der Waals surface area contributed by atoms with Gasteiger partial charge in [0.2, 0.25) is 0 Å². The van der Waals surface area contributed by atoms with E-state index in [4.69, 9.17) is 0 Å². The third-order valence-corrected chi connectivity index (χ3v) is 9.64. The van der Waals surface area contributed by atoms with Crippen molar-refractivity contribution in [3.63, 3.8) is 0 Å². The molecule has 0 aliphatic carbocycles. The Morgan fingerprint density at radius 3 is 1.46 bits per heavy atom. The van der Waals surface area contributed by atoms with Crippen molar-refractivity contribution in [2.75, 3.05) is 0 Å². The fourth-order valence-electron chi connectivity index (χ4n) is 7.45. The minimum atomic E-state index is 0.567. The van der Waals surface area contributed by atoms with Gasteiger partial charge in [-0.1, -0.05) is 84.9 Å². The van der Waals surface area contributed by atoms with E-state index in [9.17, 15) is 15.8 Å². The predicted octanol–water partition coefficient (Wildman–Crippen LogP) is 10.8. The van der Waals surface area contributed by atoms with Gasteiger partial charge in [-0.3, -0.25) is 0 Å². The average Bonchev–Trinajstić information content (AvgIpc) is 3.69. The van der Waals surface area contributed by atoms with Gasteiger partial charge in [-0.05, 0) is 83.4 Å². The second-order valence-corrected chi connectivity index (χ2v) is 12.3. The first-order valence-electron chi connectivity index (χ1n) is 16.3. The lowest BCUT2D eigenvalue weighted by Crippen LogP contribution is -2.00. The van der Waals surface area contributed by atoms with E-state index in [1.165, 1.54) is 0 Å². The molecule has 0 aliphatic rings. The van der Waals surface area contributed by atoms with Crippen LogP contribution in [0.1, 0.15) is 16.7 Å². The highest BCUT2D eigenvalue weighted by atomic mass is 15.0. The molecule has 0 amide bonds. The van der Waals surface area contributed by atoms with Crippen LogP contribution in [0.2, 0.25) is 0 Å². The van der Waals surface area contributed by atoms with E-state index in [0.29, 0.717) is 16.7 Å². The van der Waals surface area contributed by atoms with E-state index in [1.54, 1.807) is 0 Å². The van der Waals surface area contributed by atoms with Crippen LogP contribution in [0.3, 0.4) is 0 Å². The van der Waals surface area contributed by atoms with E-state index in [-0.39, 0.29) is 0 Å². The monoisotopic (exact) mass is 635 g/mol. The third-order valence-electron chi connectivity index (χ3n) is 9.64. The topological polar surface area (TPSA) is 81.2 Å². The first-order chi connectivity index (χ1) is 24.7. The Labute approximate surface area is 287 Å². The Morgan fingerprint density at radius 1 is 0.360 bits per heavy atom. The van der Waals surface area contributed by atoms with E-state index in [0.717, 1.165) is 77.2 Å². The van der Waals surface area contributed by atoms with Crippen LogP contribution in [0.5, 0.6) is 0 Å². The maximum absolute atomic E-state index is 10.3. The number of nitrogens with zero attached hydrogens (tertiary/aromatic N) is 5. The lowest BCUT2D eigenvalue weighted by molar-refractivity contribution is 1.17. The minimum Gasteiger partial charge on any atom is -0.309 e. The van der Waals surface area contributed by atoms with Gasteiger partial charge >= 0.3 is 0 Å². The standard InChI is InChI=1S/C45H25N5/c46-26-29-17-21-43-38(23-29)39-24-30(27-47)18-22-44(39)49(43)40-14-6-3-11-35(40)34-10-2-1-9-33(34)31-19-20-32(28-48)45(25-31)50-41-15-7-4-12-36(41)37-13-5-8-16-42(37)50/h1-25H. The van der Waals surface area contributed by atoms with Crippen LogP contribution in [-0.4, -0.2) is 9.13 Å². The zero-order valence-corrected chi connectivity index (χ0v) is 26.7. The van der Waals surface area contributed by atoms with Crippen LogP contribution in [-0.2, 0) is 0 Å². The minimum absolute atomic E-state index is 0.567. The molecule has 230 valence electrons. The lowest BCUT2D eigenvalue weighted by Gasteiger charge is -2.18. The molecule has 0 N–H and O–H groups in total. The van der Waals surface area contributed by atoms with E-state index < -0.39 is 0 Å². The molecule has 9 aromatic rings. The first-order valence-corrected chi connectivity index (χ1v) is 16.3. The van der Waals surface area contributed by atoms with Crippen molar-refractivity contribution in [1.29, 1.82) is 15.8 Å². The summed E-state index contributed by atoms with van der Waals surface area (Å²) < 4.78 is 4.42. The molecule has 7 aromatic carbocycles. The van der Waals surface area contributed by atoms with Crippen LogP contribution in [0.4, 0.5) is 0 Å². The largest absolute Gasteiger partial charge is 0.309 e. The van der Waals surface area contributed by atoms with Crippen molar-refractivity contribution >= 4 is 43.6 Å². The highest BCUT2D eigenvalue weighted by Gasteiger charge is 2.20. The molecule has 0 aliphatic heterocycles. The van der Waals surface area contributed by atoms with Crippen molar-refractivity contribution in [1.82, 2.24) is 9.13 Å². The molecular formula is C45H25N5. The van der Waals surface area contributed by atoms with Gasteiger partial charge in [0.25, 0.3) is 0 Å². The van der Waals surface area contributed by atoms with Crippen LogP contribution in [0.15, 0.2) is 152 Å². The zero-order chi connectivity index (χ0) is 33.8. The Morgan fingerprint density at radius 2 is 0.860 bits per heavy atom. The van der Waals surface area contributed by atoms with E-state index in [1.807, 2.05) is 78.9 Å². The first kappa shape index (κ1) is 28.8. The fourth-order valence-corrected chi connectivity index (χ4v) is 7.45. The number of rotatable bonds is 4. The summed E-state index contributed by atoms with van der Waals surface area (Å²) in [4.78, 5) is 0. The SMILES string of the molecule is N#Cc1ccc2c(c1)c1cc(C#N)ccc1n2-c1ccccc1-c1ccccc1-c1ccc(C#N)c(-n2c3ccccc3c3ccccc32)c1. The molecule has 2 heterocycles. The van der Waals surface area contributed by atoms with Gasteiger partial charge in [-0.15, -0.1) is 0 Å². The van der Waals surface area contributed by atoms with Gasteiger partial charge in [0.1, 0.15) is 6.07 Å². The summed E-state index contributed by atoms with van der Waals surface area (Å²) >= 11 is 0. The fraction of sp³-hybridized carbons (Fsp3) is 0. The maximum Gasteiger partial charge on any atom is 0.101 e. The number of hydrogen-bond donors (Lipinski definition) is 0. The Balaban J connectivity index is 1.29. The highest BCUT2D eigenvalue weighted by Crippen LogP contribution is 2.41. The van der Waals surface area contributed by atoms with Crippen LogP contribution in [0, 0.1) is 34.0 Å². The van der Waals surface area contributed by atoms with Crippen LogP contribution >= 0.6 is 0 Å². The van der Waals surface area contributed by atoms with Crippen molar-refractivity contribution < 1.29 is 0 Å². The Kier molecular flexibility index (Phi) is 6.56. The molecule has 0 atom stereocenters. The van der Waals surface area contributed by atoms with Crippen molar-refractivity contribution in [2.24, 2.45) is 0 Å². The van der Waals surface area contributed by atoms with Crippen LogP contribution < -0.4 is 0 Å². The van der Waals surface area contributed by atoms with Gasteiger partial charge in [-0.2, -0.15) is 15.8 Å². The molecular weight excluding hydrogens is 611 g/mol. The molecule has 0 saturated heterocycles. The maximum atomic E-state index is 10.3. The molecule has 0 saturated carbocycles. The second-order valence-electron chi connectivity index (χ2n) is 12.3. The molecule has 0 unspecified atom stereocenters. The predicted molar refractivity (Wildman–Crippen MR) is 200 cm³/mol. The number of hydrogen-bond acceptors (Lipinski definition) is 3. The molecule has 2 aromatic heterocycles. The number of benzene rings is 7. The average molecular weight is 636 g/mol. The second kappa shape index (κ2) is 11.4. The summed E-state index contributed by atoms with van der Waals surface area (Å²) in [6, 6.07) is 57.9. The van der Waals surface area contributed by atoms with Gasteiger partial charge in [-0.25, -0.2) is 0 Å². The third kappa shape index (κ3) is 4.31. The summed E-state index contributed by atoms with van der Waals surface area (Å²) in [5.41, 5.74) is 11.6. The lowest BCUT2D eigenvalue weighted by atomic mass is 9.92. The van der Waals surface area contributed by atoms with Gasteiger partial charge < -0.3 is 9.13 Å². The number of fused-ring (bicyclic) bond motifs is 6.